The minimum absolute atomic E-state index is 0.129. The van der Waals surface area contributed by atoms with E-state index in [1.807, 2.05) is 13.1 Å². The Morgan fingerprint density at radius 2 is 1.79 bits per heavy atom. The van der Waals surface area contributed by atoms with Crippen LogP contribution in [0.2, 0.25) is 0 Å². The lowest BCUT2D eigenvalue weighted by Gasteiger charge is -2.65. The Hall–Kier alpha value is -4.04. The number of hydrogen-bond acceptors (Lipinski definition) is 7. The highest BCUT2D eigenvalue weighted by Crippen LogP contribution is 2.67. The van der Waals surface area contributed by atoms with Gasteiger partial charge in [0, 0.05) is 37.9 Å². The van der Waals surface area contributed by atoms with Crippen LogP contribution in [0.4, 0.5) is 13.2 Å². The summed E-state index contributed by atoms with van der Waals surface area (Å²) in [4.78, 5) is 41.8. The molecule has 1 saturated carbocycles. The van der Waals surface area contributed by atoms with Crippen LogP contribution >= 0.6 is 0 Å². The number of hydrogen-bond donors (Lipinski definition) is 0. The van der Waals surface area contributed by atoms with E-state index in [0.717, 1.165) is 23.3 Å². The summed E-state index contributed by atoms with van der Waals surface area (Å²) in [6.45, 7) is 3.41. The average Bonchev–Trinajstić information content (AvgIpc) is 3.29. The summed E-state index contributed by atoms with van der Waals surface area (Å²) in [5.74, 6) is 4.52. The molecule has 1 spiro atoms. The van der Waals surface area contributed by atoms with Gasteiger partial charge in [-0.15, -0.1) is 0 Å². The van der Waals surface area contributed by atoms with Gasteiger partial charge in [-0.2, -0.15) is 13.2 Å². The van der Waals surface area contributed by atoms with Gasteiger partial charge in [0.15, 0.2) is 11.5 Å². The third kappa shape index (κ3) is 4.37. The fourth-order valence-electron chi connectivity index (χ4n) is 7.89. The molecule has 226 valence electrons. The molecule has 0 aromatic heterocycles. The van der Waals surface area contributed by atoms with Crippen molar-refractivity contribution in [1.82, 2.24) is 9.80 Å². The number of carbonyl (C=O) groups is 3. The Balaban J connectivity index is 1.40. The van der Waals surface area contributed by atoms with E-state index in [0.29, 0.717) is 38.0 Å². The summed E-state index contributed by atoms with van der Waals surface area (Å²) in [6.07, 6.45) is -3.00. The number of likely N-dealkylation sites (tertiary alicyclic amines) is 1. The second-order valence-corrected chi connectivity index (χ2v) is 11.8. The molecule has 2 aromatic rings. The number of carbonyl (C=O) groups excluding carboxylic acids is 3. The summed E-state index contributed by atoms with van der Waals surface area (Å²) in [5, 5.41) is 0. The second-order valence-electron chi connectivity index (χ2n) is 11.8. The van der Waals surface area contributed by atoms with Gasteiger partial charge >= 0.3 is 18.1 Å². The van der Waals surface area contributed by atoms with Crippen LogP contribution in [0.3, 0.4) is 0 Å². The van der Waals surface area contributed by atoms with Gasteiger partial charge in [0.1, 0.15) is 11.7 Å². The third-order valence-electron chi connectivity index (χ3n) is 9.57. The summed E-state index contributed by atoms with van der Waals surface area (Å²) < 4.78 is 57.4. The molecule has 0 unspecified atom stereocenters. The number of esters is 2. The molecule has 2 aliphatic heterocycles. The summed E-state index contributed by atoms with van der Waals surface area (Å²) in [7, 11) is 3.64. The molecular formula is C32H31F3N2O6. The molecule has 5 atom stereocenters. The molecule has 2 aliphatic carbocycles. The minimum Gasteiger partial charge on any atom is -0.483 e. The van der Waals surface area contributed by atoms with E-state index < -0.39 is 52.7 Å². The van der Waals surface area contributed by atoms with E-state index in [9.17, 15) is 27.6 Å². The molecule has 1 amide bonds. The molecule has 2 bridgehead atoms. The molecule has 2 aromatic carbocycles. The predicted octanol–water partition coefficient (Wildman–Crippen LogP) is 3.86. The first-order valence-corrected chi connectivity index (χ1v) is 14.2. The van der Waals surface area contributed by atoms with Crippen molar-refractivity contribution in [2.24, 2.45) is 0 Å². The van der Waals surface area contributed by atoms with E-state index in [-0.39, 0.29) is 17.4 Å². The van der Waals surface area contributed by atoms with Crippen molar-refractivity contribution in [3.63, 3.8) is 0 Å². The standard InChI is InChI=1S/C32H31F3N2O6/c1-18(38)41-24-11-8-21-17-25-31(43-19(2)39)14-13-23(29-30(31,15-16-36(25)3)27(21)28(24)42-29)37(4)26(40)12-7-20-5-9-22(10-6-20)32(33,34)35/h5-6,8-11,23,25,29H,13-17H2,1-4H3/t23-,25+,29-,30-,31+/m0/s1. The zero-order chi connectivity index (χ0) is 30.9. The van der Waals surface area contributed by atoms with Crippen LogP contribution in [0.1, 0.15) is 55.4 Å². The first-order valence-electron chi connectivity index (χ1n) is 14.2. The van der Waals surface area contributed by atoms with Crippen molar-refractivity contribution >= 4 is 17.8 Å². The highest BCUT2D eigenvalue weighted by Gasteiger charge is 2.75. The number of alkyl halides is 3. The number of ether oxygens (including phenoxy) is 3. The summed E-state index contributed by atoms with van der Waals surface area (Å²) in [5.41, 5.74) is -0.388. The molecule has 2 heterocycles. The average molecular weight is 597 g/mol. The SMILES string of the molecule is CC(=O)Oc1ccc2c3c1O[C@H]1[C@@H](N(C)C(=O)C#Cc4ccc(C(F)(F)F)cc4)CC[C@@]4(OC(C)=O)[C@@H](C2)N(C)CC[C@]314. The first-order chi connectivity index (χ1) is 20.3. The maximum absolute atomic E-state index is 13.4. The zero-order valence-corrected chi connectivity index (χ0v) is 24.2. The Morgan fingerprint density at radius 1 is 1.07 bits per heavy atom. The molecule has 6 rings (SSSR count). The van der Waals surface area contributed by atoms with Gasteiger partial charge in [0.05, 0.1) is 23.1 Å². The van der Waals surface area contributed by atoms with Crippen LogP contribution in [0.15, 0.2) is 36.4 Å². The molecule has 43 heavy (non-hydrogen) atoms. The number of rotatable bonds is 3. The Labute approximate surface area is 247 Å². The van der Waals surface area contributed by atoms with Crippen LogP contribution in [0, 0.1) is 11.8 Å². The highest BCUT2D eigenvalue weighted by molar-refractivity contribution is 5.94. The Kier molecular flexibility index (Phi) is 6.77. The van der Waals surface area contributed by atoms with Crippen molar-refractivity contribution in [3.05, 3.63) is 58.7 Å². The normalized spacial score (nSPS) is 28.5. The largest absolute Gasteiger partial charge is 0.483 e. The Morgan fingerprint density at radius 3 is 2.44 bits per heavy atom. The van der Waals surface area contributed by atoms with Gasteiger partial charge in [0.25, 0.3) is 5.91 Å². The smallest absolute Gasteiger partial charge is 0.416 e. The quantitative estimate of drug-likeness (QED) is 0.302. The number of amides is 1. The number of piperidine rings is 1. The molecule has 8 nitrogen and oxygen atoms in total. The van der Waals surface area contributed by atoms with E-state index in [4.69, 9.17) is 14.2 Å². The van der Waals surface area contributed by atoms with Gasteiger partial charge in [0.2, 0.25) is 0 Å². The fourth-order valence-corrected chi connectivity index (χ4v) is 7.89. The van der Waals surface area contributed by atoms with Gasteiger partial charge in [-0.1, -0.05) is 12.0 Å². The highest BCUT2D eigenvalue weighted by atomic mass is 19.4. The Bertz CT molecular complexity index is 1580. The minimum atomic E-state index is -4.47. The van der Waals surface area contributed by atoms with Gasteiger partial charge in [-0.25, -0.2) is 0 Å². The zero-order valence-electron chi connectivity index (χ0n) is 24.2. The van der Waals surface area contributed by atoms with Crippen LogP contribution in [0.25, 0.3) is 0 Å². The topological polar surface area (TPSA) is 85.4 Å². The maximum atomic E-state index is 13.4. The lowest BCUT2D eigenvalue weighted by molar-refractivity contribution is -0.220. The van der Waals surface area contributed by atoms with Gasteiger partial charge in [-0.05, 0) is 75.2 Å². The molecule has 0 N–H and O–H groups in total. The fraction of sp³-hybridized carbons (Fsp3) is 0.469. The third-order valence-corrected chi connectivity index (χ3v) is 9.57. The molecule has 11 heteroatoms. The van der Waals surface area contributed by atoms with Crippen LogP contribution < -0.4 is 9.47 Å². The molecule has 0 radical (unpaired) electrons. The van der Waals surface area contributed by atoms with Gasteiger partial charge in [-0.3, -0.25) is 19.3 Å². The van der Waals surface area contributed by atoms with E-state index >= 15 is 0 Å². The number of benzene rings is 2. The molecular weight excluding hydrogens is 565 g/mol. The number of nitrogens with zero attached hydrogens (tertiary/aromatic N) is 2. The van der Waals surface area contributed by atoms with Crippen LogP contribution in [-0.4, -0.2) is 72.1 Å². The molecule has 2 fully saturated rings. The lowest BCUT2D eigenvalue weighted by atomic mass is 9.48. The van der Waals surface area contributed by atoms with Crippen molar-refractivity contribution in [1.29, 1.82) is 0 Å². The number of likely N-dealkylation sites (N-methyl/N-ethyl adjacent to an activating group) is 2. The van der Waals surface area contributed by atoms with Crippen LogP contribution in [-0.2, 0) is 37.1 Å². The van der Waals surface area contributed by atoms with Crippen molar-refractivity contribution < 1.29 is 41.8 Å². The summed E-state index contributed by atoms with van der Waals surface area (Å²) in [6, 6.07) is 7.35. The van der Waals surface area contributed by atoms with E-state index in [1.165, 1.54) is 30.9 Å². The van der Waals surface area contributed by atoms with E-state index in [2.05, 4.69) is 16.7 Å². The van der Waals surface area contributed by atoms with Crippen molar-refractivity contribution in [2.75, 3.05) is 20.6 Å². The van der Waals surface area contributed by atoms with Crippen molar-refractivity contribution in [2.45, 2.75) is 74.9 Å². The summed E-state index contributed by atoms with van der Waals surface area (Å²) >= 11 is 0. The maximum Gasteiger partial charge on any atom is 0.416 e. The monoisotopic (exact) mass is 596 g/mol. The first kappa shape index (κ1) is 29.1. The molecule has 4 aliphatic rings. The molecule has 1 saturated heterocycles. The van der Waals surface area contributed by atoms with Gasteiger partial charge < -0.3 is 19.1 Å². The van der Waals surface area contributed by atoms with E-state index in [1.54, 1.807) is 13.1 Å². The van der Waals surface area contributed by atoms with Crippen molar-refractivity contribution in [3.8, 4) is 23.3 Å². The number of halogens is 3. The lowest BCUT2D eigenvalue weighted by Crippen LogP contribution is -2.78. The van der Waals surface area contributed by atoms with Crippen LogP contribution in [0.5, 0.6) is 11.5 Å². The second kappa shape index (κ2) is 10.0. The predicted molar refractivity (Wildman–Crippen MR) is 147 cm³/mol.